The number of amides is 1. The zero-order valence-electron chi connectivity index (χ0n) is 21.9. The van der Waals surface area contributed by atoms with E-state index in [1.165, 1.54) is 30.0 Å². The highest BCUT2D eigenvalue weighted by molar-refractivity contribution is 6.07. The summed E-state index contributed by atoms with van der Waals surface area (Å²) in [6, 6.07) is 6.90. The van der Waals surface area contributed by atoms with E-state index in [1.54, 1.807) is 0 Å². The van der Waals surface area contributed by atoms with Crippen molar-refractivity contribution >= 4 is 34.5 Å². The van der Waals surface area contributed by atoms with Crippen molar-refractivity contribution in [2.75, 3.05) is 10.2 Å². The molecule has 2 aromatic carbocycles. The van der Waals surface area contributed by atoms with Crippen LogP contribution in [0.25, 0.3) is 10.9 Å². The van der Waals surface area contributed by atoms with Gasteiger partial charge in [-0.15, -0.1) is 0 Å². The number of benzene rings is 2. The third-order valence-corrected chi connectivity index (χ3v) is 6.70. The largest absolute Gasteiger partial charge is 0.490 e. The SMILES string of the molecule is C[C@@H](OC(=O)C(F)(F)F)c1n[nH]c2c1CN(c1nc(NCc3c(F)cccc3C(F)(F)F)c3cccc(C(N)=O)c3n1)C2. The molecule has 1 aliphatic rings. The Morgan fingerprint density at radius 1 is 1.09 bits per heavy atom. The lowest BCUT2D eigenvalue weighted by atomic mass is 10.1. The Morgan fingerprint density at radius 2 is 1.81 bits per heavy atom. The molecule has 2 aromatic heterocycles. The van der Waals surface area contributed by atoms with Crippen molar-refractivity contribution < 1.29 is 45.1 Å². The number of aromatic amines is 1. The number of nitrogens with zero attached hydrogens (tertiary/aromatic N) is 4. The highest BCUT2D eigenvalue weighted by atomic mass is 19.4. The first-order valence-electron chi connectivity index (χ1n) is 12.4. The van der Waals surface area contributed by atoms with Crippen LogP contribution in [0.15, 0.2) is 36.4 Å². The number of alkyl halides is 6. The number of aromatic nitrogens is 4. The third kappa shape index (κ3) is 5.74. The molecule has 0 saturated heterocycles. The topological polar surface area (TPSA) is 139 Å². The molecule has 0 unspecified atom stereocenters. The van der Waals surface area contributed by atoms with Crippen molar-refractivity contribution in [3.05, 3.63) is 75.9 Å². The summed E-state index contributed by atoms with van der Waals surface area (Å²) >= 11 is 0. The summed E-state index contributed by atoms with van der Waals surface area (Å²) in [4.78, 5) is 33.9. The molecule has 4 N–H and O–H groups in total. The predicted molar refractivity (Wildman–Crippen MR) is 136 cm³/mol. The molecule has 5 rings (SSSR count). The van der Waals surface area contributed by atoms with E-state index in [0.29, 0.717) is 11.3 Å². The van der Waals surface area contributed by atoms with E-state index < -0.39 is 53.8 Å². The van der Waals surface area contributed by atoms with Gasteiger partial charge in [0.2, 0.25) is 5.95 Å². The molecule has 0 saturated carbocycles. The Kier molecular flexibility index (Phi) is 7.35. The van der Waals surface area contributed by atoms with Crippen molar-refractivity contribution in [3.8, 4) is 0 Å². The minimum atomic E-state index is -5.20. The van der Waals surface area contributed by atoms with Gasteiger partial charge in [-0.1, -0.05) is 12.1 Å². The van der Waals surface area contributed by atoms with Gasteiger partial charge in [0.05, 0.1) is 35.4 Å². The molecule has 226 valence electrons. The maximum absolute atomic E-state index is 14.5. The number of primary amides is 1. The van der Waals surface area contributed by atoms with Gasteiger partial charge in [0.25, 0.3) is 5.91 Å². The number of rotatable bonds is 7. The monoisotopic (exact) mass is 611 g/mol. The zero-order chi connectivity index (χ0) is 31.3. The number of nitrogens with one attached hydrogen (secondary N) is 2. The van der Waals surface area contributed by atoms with Crippen molar-refractivity contribution in [1.29, 1.82) is 0 Å². The van der Waals surface area contributed by atoms with Crippen molar-refractivity contribution in [1.82, 2.24) is 20.2 Å². The number of hydrogen-bond acceptors (Lipinski definition) is 8. The number of hydrogen-bond donors (Lipinski definition) is 3. The van der Waals surface area contributed by atoms with E-state index in [0.717, 1.165) is 18.2 Å². The van der Waals surface area contributed by atoms with Crippen LogP contribution >= 0.6 is 0 Å². The van der Waals surface area contributed by atoms with Gasteiger partial charge in [-0.25, -0.2) is 14.2 Å². The summed E-state index contributed by atoms with van der Waals surface area (Å²) in [7, 11) is 0. The lowest BCUT2D eigenvalue weighted by Crippen LogP contribution is -2.27. The number of para-hydroxylation sites is 1. The Balaban J connectivity index is 1.50. The van der Waals surface area contributed by atoms with E-state index in [1.807, 2.05) is 0 Å². The lowest BCUT2D eigenvalue weighted by molar-refractivity contribution is -0.204. The van der Waals surface area contributed by atoms with Crippen LogP contribution in [0, 0.1) is 5.82 Å². The van der Waals surface area contributed by atoms with Crippen molar-refractivity contribution in [2.45, 2.75) is 45.0 Å². The summed E-state index contributed by atoms with van der Waals surface area (Å²) in [6.07, 6.45) is -11.4. The number of carbonyl (C=O) groups excluding carboxylic acids is 2. The Hall–Kier alpha value is -4.96. The Bertz CT molecular complexity index is 1740. The first-order chi connectivity index (χ1) is 20.1. The van der Waals surface area contributed by atoms with Gasteiger partial charge in [-0.05, 0) is 31.2 Å². The number of ether oxygens (including phenoxy) is 1. The molecule has 3 heterocycles. The van der Waals surface area contributed by atoms with Crippen LogP contribution < -0.4 is 16.0 Å². The number of anilines is 2. The predicted octanol–water partition coefficient (Wildman–Crippen LogP) is 4.91. The van der Waals surface area contributed by atoms with Crippen LogP contribution in [-0.2, 0) is 35.3 Å². The number of fused-ring (bicyclic) bond motifs is 2. The van der Waals surface area contributed by atoms with Gasteiger partial charge in [0.1, 0.15) is 23.4 Å². The van der Waals surface area contributed by atoms with Crippen LogP contribution in [0.5, 0.6) is 0 Å². The molecule has 17 heteroatoms. The fourth-order valence-corrected chi connectivity index (χ4v) is 4.71. The molecular weight excluding hydrogens is 591 g/mol. The molecule has 0 bridgehead atoms. The van der Waals surface area contributed by atoms with Gasteiger partial charge in [-0.2, -0.15) is 36.4 Å². The maximum atomic E-state index is 14.5. The summed E-state index contributed by atoms with van der Waals surface area (Å²) in [5, 5.41) is 9.56. The highest BCUT2D eigenvalue weighted by Gasteiger charge is 2.43. The second-order valence-electron chi connectivity index (χ2n) is 9.52. The molecule has 10 nitrogen and oxygen atoms in total. The van der Waals surface area contributed by atoms with E-state index in [2.05, 4.69) is 30.2 Å². The van der Waals surface area contributed by atoms with Crippen molar-refractivity contribution in [3.63, 3.8) is 0 Å². The van der Waals surface area contributed by atoms with E-state index in [9.17, 15) is 40.3 Å². The minimum absolute atomic E-state index is 0.0235. The van der Waals surface area contributed by atoms with Crippen LogP contribution in [0.2, 0.25) is 0 Å². The second kappa shape index (κ2) is 10.7. The van der Waals surface area contributed by atoms with Crippen molar-refractivity contribution in [2.24, 2.45) is 5.73 Å². The van der Waals surface area contributed by atoms with E-state index in [4.69, 9.17) is 5.73 Å². The smallest absolute Gasteiger partial charge is 0.449 e. The number of H-pyrrole nitrogens is 1. The van der Waals surface area contributed by atoms with Gasteiger partial charge >= 0.3 is 18.3 Å². The van der Waals surface area contributed by atoms with Crippen LogP contribution in [-0.4, -0.2) is 38.2 Å². The maximum Gasteiger partial charge on any atom is 0.490 e. The number of carbonyl (C=O) groups is 2. The summed E-state index contributed by atoms with van der Waals surface area (Å²) in [5.74, 6) is -4.42. The van der Waals surface area contributed by atoms with Gasteiger partial charge in [0, 0.05) is 23.1 Å². The molecular formula is C26H20F7N7O3. The summed E-state index contributed by atoms with van der Waals surface area (Å²) < 4.78 is 97.8. The van der Waals surface area contributed by atoms with E-state index in [-0.39, 0.29) is 47.0 Å². The fourth-order valence-electron chi connectivity index (χ4n) is 4.71. The first-order valence-corrected chi connectivity index (χ1v) is 12.4. The van der Waals surface area contributed by atoms with Crippen LogP contribution in [0.1, 0.15) is 51.5 Å². The molecule has 0 spiro atoms. The van der Waals surface area contributed by atoms with Gasteiger partial charge in [0.15, 0.2) is 0 Å². The van der Waals surface area contributed by atoms with Crippen LogP contribution in [0.4, 0.5) is 42.5 Å². The standard InChI is InChI=1S/C26H20F7N7O3/c1-11(43-23(42)26(31,32)33)19-15-9-40(10-18(15)38-39-19)24-36-20-12(21(34)41)4-2-5-13(20)22(37-24)35-8-14-16(25(28,29)30)6-3-7-17(14)27/h2-7,11H,8-10H2,1H3,(H2,34,41)(H,38,39)(H,35,36,37)/t11-/m1/s1. The average Bonchev–Trinajstić information content (AvgIpc) is 3.51. The summed E-state index contributed by atoms with van der Waals surface area (Å²) in [6.45, 7) is 0.610. The summed E-state index contributed by atoms with van der Waals surface area (Å²) in [5.41, 5.74) is 4.58. The highest BCUT2D eigenvalue weighted by Crippen LogP contribution is 2.36. The average molecular weight is 611 g/mol. The quantitative estimate of drug-likeness (QED) is 0.198. The molecule has 0 fully saturated rings. The normalized spacial score (nSPS) is 14.1. The number of nitrogens with two attached hydrogens (primary N) is 1. The zero-order valence-corrected chi connectivity index (χ0v) is 21.9. The number of halogens is 7. The molecule has 0 aliphatic carbocycles. The Labute approximate surface area is 237 Å². The van der Waals surface area contributed by atoms with E-state index >= 15 is 0 Å². The Morgan fingerprint density at radius 3 is 2.49 bits per heavy atom. The van der Waals surface area contributed by atoms with Gasteiger partial charge < -0.3 is 20.7 Å². The molecule has 1 atom stereocenters. The fraction of sp³-hybridized carbons (Fsp3) is 0.269. The molecule has 43 heavy (non-hydrogen) atoms. The first kappa shape index (κ1) is 29.5. The lowest BCUT2D eigenvalue weighted by Gasteiger charge is -2.20. The van der Waals surface area contributed by atoms with Gasteiger partial charge in [-0.3, -0.25) is 9.89 Å². The molecule has 1 aliphatic heterocycles. The number of esters is 1. The molecule has 4 aromatic rings. The molecule has 0 radical (unpaired) electrons. The van der Waals surface area contributed by atoms with Crippen LogP contribution in [0.3, 0.4) is 0 Å². The third-order valence-electron chi connectivity index (χ3n) is 6.70. The minimum Gasteiger partial charge on any atom is -0.449 e. The molecule has 1 amide bonds. The second-order valence-corrected chi connectivity index (χ2v) is 9.52.